The Hall–Kier alpha value is -2.08. The Labute approximate surface area is 101 Å². The van der Waals surface area contributed by atoms with Crippen LogP contribution in [0.15, 0.2) is 34.6 Å². The number of primary amides is 1. The van der Waals surface area contributed by atoms with Crippen LogP contribution in [0.25, 0.3) is 0 Å². The predicted octanol–water partition coefficient (Wildman–Crippen LogP) is 0.639. The van der Waals surface area contributed by atoms with Crippen LogP contribution in [0.4, 0.5) is 5.69 Å². The van der Waals surface area contributed by atoms with Gasteiger partial charge in [0.1, 0.15) is 0 Å². The molecule has 4 N–H and O–H groups in total. The highest BCUT2D eigenvalue weighted by Crippen LogP contribution is 2.15. The van der Waals surface area contributed by atoms with Crippen molar-refractivity contribution in [3.63, 3.8) is 0 Å². The Morgan fingerprint density at radius 2 is 2.18 bits per heavy atom. The molecule has 0 spiro atoms. The number of nitrogen functional groups attached to an aromatic ring is 1. The largest absolute Gasteiger partial charge is 0.398 e. The Morgan fingerprint density at radius 1 is 1.41 bits per heavy atom. The average molecular weight is 249 g/mol. The van der Waals surface area contributed by atoms with Crippen molar-refractivity contribution in [3.8, 4) is 0 Å². The maximum atomic E-state index is 11.4. The number of hydrogen-bond donors (Lipinski definition) is 2. The van der Waals surface area contributed by atoms with Crippen LogP contribution in [0, 0.1) is 0 Å². The molecule has 2 rings (SSSR count). The predicted molar refractivity (Wildman–Crippen MR) is 67.1 cm³/mol. The molecule has 0 aliphatic rings. The zero-order chi connectivity index (χ0) is 12.4. The van der Waals surface area contributed by atoms with Gasteiger partial charge in [0.05, 0.1) is 6.54 Å². The molecule has 0 aliphatic carbocycles. The van der Waals surface area contributed by atoms with Gasteiger partial charge < -0.3 is 16.0 Å². The lowest BCUT2D eigenvalue weighted by atomic mass is 10.1. The van der Waals surface area contributed by atoms with Crippen molar-refractivity contribution >= 4 is 22.9 Å². The second-order valence-electron chi connectivity index (χ2n) is 3.57. The van der Waals surface area contributed by atoms with E-state index in [9.17, 15) is 9.59 Å². The van der Waals surface area contributed by atoms with Crippen LogP contribution in [0.3, 0.4) is 0 Å². The molecule has 17 heavy (non-hydrogen) atoms. The third-order valence-electron chi connectivity index (χ3n) is 2.42. The monoisotopic (exact) mass is 249 g/mol. The van der Waals surface area contributed by atoms with Crippen molar-refractivity contribution < 1.29 is 4.79 Å². The molecule has 1 amide bonds. The van der Waals surface area contributed by atoms with Crippen molar-refractivity contribution in [3.05, 3.63) is 50.6 Å². The number of rotatable bonds is 3. The number of benzene rings is 1. The number of anilines is 1. The number of aromatic nitrogens is 1. The first-order chi connectivity index (χ1) is 8.08. The SMILES string of the molecule is NC(=O)c1ccc(Cn2ccsc2=O)c(N)c1. The van der Waals surface area contributed by atoms with Crippen LogP contribution < -0.4 is 16.3 Å². The minimum Gasteiger partial charge on any atom is -0.398 e. The van der Waals surface area contributed by atoms with Crippen LogP contribution in [-0.2, 0) is 6.54 Å². The second-order valence-corrected chi connectivity index (χ2v) is 4.43. The maximum Gasteiger partial charge on any atom is 0.307 e. The molecule has 0 aliphatic heterocycles. The summed E-state index contributed by atoms with van der Waals surface area (Å²) < 4.78 is 1.56. The van der Waals surface area contributed by atoms with Gasteiger partial charge in [0.2, 0.25) is 5.91 Å². The normalized spacial score (nSPS) is 10.4. The standard InChI is InChI=1S/C11H11N3O2S/c12-9-5-7(10(13)15)1-2-8(9)6-14-3-4-17-11(14)16/h1-5H,6,12H2,(H2,13,15). The third-order valence-corrected chi connectivity index (χ3v) is 3.11. The molecule has 88 valence electrons. The summed E-state index contributed by atoms with van der Waals surface area (Å²) in [6, 6.07) is 4.83. The van der Waals surface area contributed by atoms with Crippen LogP contribution in [0.1, 0.15) is 15.9 Å². The van der Waals surface area contributed by atoms with E-state index in [2.05, 4.69) is 0 Å². The van der Waals surface area contributed by atoms with E-state index < -0.39 is 5.91 Å². The Balaban J connectivity index is 2.32. The first kappa shape index (κ1) is 11.4. The first-order valence-electron chi connectivity index (χ1n) is 4.90. The lowest BCUT2D eigenvalue weighted by molar-refractivity contribution is 0.100. The molecule has 0 atom stereocenters. The number of thiazole rings is 1. The number of hydrogen-bond acceptors (Lipinski definition) is 4. The van der Waals surface area contributed by atoms with Crippen molar-refractivity contribution in [1.82, 2.24) is 4.57 Å². The number of carbonyl (C=O) groups excluding carboxylic acids is 1. The fourth-order valence-corrected chi connectivity index (χ4v) is 2.07. The Morgan fingerprint density at radius 3 is 2.71 bits per heavy atom. The minimum absolute atomic E-state index is 0.0385. The molecule has 1 heterocycles. The fraction of sp³-hybridized carbons (Fsp3) is 0.0909. The summed E-state index contributed by atoms with van der Waals surface area (Å²) in [6.45, 7) is 0.396. The smallest absolute Gasteiger partial charge is 0.307 e. The van der Waals surface area contributed by atoms with Crippen molar-refractivity contribution in [2.75, 3.05) is 5.73 Å². The fourth-order valence-electron chi connectivity index (χ4n) is 1.48. The molecule has 1 aromatic carbocycles. The van der Waals surface area contributed by atoms with E-state index in [0.29, 0.717) is 17.8 Å². The van der Waals surface area contributed by atoms with Gasteiger partial charge in [-0.25, -0.2) is 0 Å². The maximum absolute atomic E-state index is 11.4. The number of carbonyl (C=O) groups is 1. The summed E-state index contributed by atoms with van der Waals surface area (Å²) >= 11 is 1.13. The number of nitrogens with zero attached hydrogens (tertiary/aromatic N) is 1. The summed E-state index contributed by atoms with van der Waals surface area (Å²) in [5, 5.41) is 1.72. The van der Waals surface area contributed by atoms with Crippen LogP contribution >= 0.6 is 11.3 Å². The van der Waals surface area contributed by atoms with Gasteiger partial charge in [0.25, 0.3) is 0 Å². The van der Waals surface area contributed by atoms with E-state index in [0.717, 1.165) is 16.9 Å². The average Bonchev–Trinajstić information content (AvgIpc) is 2.67. The number of nitrogens with two attached hydrogens (primary N) is 2. The molecule has 6 heteroatoms. The second kappa shape index (κ2) is 4.42. The van der Waals surface area contributed by atoms with E-state index in [1.54, 1.807) is 28.3 Å². The number of amides is 1. The van der Waals surface area contributed by atoms with Crippen LogP contribution in [0.5, 0.6) is 0 Å². The molecular weight excluding hydrogens is 238 g/mol. The molecule has 0 bridgehead atoms. The minimum atomic E-state index is -0.518. The molecule has 5 nitrogen and oxygen atoms in total. The molecule has 0 saturated carbocycles. The van der Waals surface area contributed by atoms with Crippen LogP contribution in [0.2, 0.25) is 0 Å². The van der Waals surface area contributed by atoms with Gasteiger partial charge in [0.15, 0.2) is 0 Å². The van der Waals surface area contributed by atoms with Gasteiger partial charge in [-0.05, 0) is 17.7 Å². The lowest BCUT2D eigenvalue weighted by Crippen LogP contribution is -2.15. The highest BCUT2D eigenvalue weighted by atomic mass is 32.1. The zero-order valence-corrected chi connectivity index (χ0v) is 9.74. The first-order valence-corrected chi connectivity index (χ1v) is 5.78. The van der Waals surface area contributed by atoms with E-state index in [-0.39, 0.29) is 4.87 Å². The topological polar surface area (TPSA) is 91.1 Å². The summed E-state index contributed by atoms with van der Waals surface area (Å²) in [6.07, 6.45) is 1.70. The molecule has 0 radical (unpaired) electrons. The van der Waals surface area contributed by atoms with Gasteiger partial charge in [-0.2, -0.15) is 0 Å². The van der Waals surface area contributed by atoms with Crippen molar-refractivity contribution in [1.29, 1.82) is 0 Å². The summed E-state index contributed by atoms with van der Waals surface area (Å²) in [7, 11) is 0. The van der Waals surface area contributed by atoms with Crippen molar-refractivity contribution in [2.45, 2.75) is 6.54 Å². The van der Waals surface area contributed by atoms with Gasteiger partial charge >= 0.3 is 4.87 Å². The summed E-state index contributed by atoms with van der Waals surface area (Å²) in [5.41, 5.74) is 12.6. The molecule has 0 unspecified atom stereocenters. The third kappa shape index (κ3) is 2.36. The van der Waals surface area contributed by atoms with E-state index in [1.807, 2.05) is 0 Å². The van der Waals surface area contributed by atoms with Gasteiger partial charge in [-0.1, -0.05) is 17.4 Å². The van der Waals surface area contributed by atoms with Crippen LogP contribution in [-0.4, -0.2) is 10.5 Å². The molecule has 0 saturated heterocycles. The zero-order valence-electron chi connectivity index (χ0n) is 8.92. The van der Waals surface area contributed by atoms with Gasteiger partial charge in [-0.3, -0.25) is 9.59 Å². The summed E-state index contributed by atoms with van der Waals surface area (Å²) in [5.74, 6) is -0.518. The molecule has 2 aromatic rings. The van der Waals surface area contributed by atoms with E-state index in [4.69, 9.17) is 11.5 Å². The quantitative estimate of drug-likeness (QED) is 0.782. The molecule has 1 aromatic heterocycles. The summed E-state index contributed by atoms with van der Waals surface area (Å²) in [4.78, 5) is 22.3. The highest BCUT2D eigenvalue weighted by Gasteiger charge is 2.06. The van der Waals surface area contributed by atoms with Gasteiger partial charge in [0, 0.05) is 22.8 Å². The molecular formula is C11H11N3O2S. The lowest BCUT2D eigenvalue weighted by Gasteiger charge is -2.07. The highest BCUT2D eigenvalue weighted by molar-refractivity contribution is 7.07. The van der Waals surface area contributed by atoms with E-state index >= 15 is 0 Å². The van der Waals surface area contributed by atoms with Crippen molar-refractivity contribution in [2.24, 2.45) is 5.73 Å². The Kier molecular flexibility index (Phi) is 2.97. The van der Waals surface area contributed by atoms with Gasteiger partial charge in [-0.15, -0.1) is 0 Å². The molecule has 0 fully saturated rings. The van der Waals surface area contributed by atoms with E-state index in [1.165, 1.54) is 6.07 Å². The Bertz CT molecular complexity index is 615.